The van der Waals surface area contributed by atoms with Crippen molar-refractivity contribution in [3.63, 3.8) is 0 Å². The van der Waals surface area contributed by atoms with Crippen LogP contribution in [-0.4, -0.2) is 16.6 Å². The Bertz CT molecular complexity index is 400. The van der Waals surface area contributed by atoms with Gasteiger partial charge < -0.3 is 16.2 Å². The van der Waals surface area contributed by atoms with Gasteiger partial charge in [-0.25, -0.2) is 0 Å². The summed E-state index contributed by atoms with van der Waals surface area (Å²) in [5, 5.41) is 12.0. The minimum atomic E-state index is -0.726. The van der Waals surface area contributed by atoms with Crippen molar-refractivity contribution in [3.05, 3.63) is 24.3 Å². The molecule has 5 heteroatoms. The van der Waals surface area contributed by atoms with E-state index >= 15 is 0 Å². The van der Waals surface area contributed by atoms with Gasteiger partial charge in [0, 0.05) is 5.69 Å². The monoisotopic (exact) mass is 270 g/mol. The first-order valence-electron chi connectivity index (χ1n) is 5.99. The van der Waals surface area contributed by atoms with Crippen LogP contribution in [0.2, 0.25) is 0 Å². The van der Waals surface area contributed by atoms with Crippen LogP contribution in [0.5, 0.6) is 5.75 Å². The van der Waals surface area contributed by atoms with Gasteiger partial charge in [-0.05, 0) is 37.1 Å². The first-order chi connectivity index (χ1) is 8.10. The van der Waals surface area contributed by atoms with Gasteiger partial charge in [-0.3, -0.25) is 4.79 Å². The van der Waals surface area contributed by atoms with Crippen molar-refractivity contribution in [3.8, 4) is 5.75 Å². The predicted octanol–water partition coefficient (Wildman–Crippen LogP) is 2.41. The topological polar surface area (TPSA) is 75.4 Å². The average molecular weight is 271 g/mol. The number of phenols is 1. The second-order valence-corrected chi connectivity index (χ2v) is 4.72. The maximum absolute atomic E-state index is 12.1. The molecule has 1 aromatic rings. The summed E-state index contributed by atoms with van der Waals surface area (Å²) in [5.41, 5.74) is 6.06. The second kappa shape index (κ2) is 6.07. The fourth-order valence-electron chi connectivity index (χ4n) is 2.21. The zero-order valence-corrected chi connectivity index (χ0v) is 11.0. The molecule has 0 radical (unpaired) electrons. The van der Waals surface area contributed by atoms with E-state index in [0.29, 0.717) is 5.69 Å². The summed E-state index contributed by atoms with van der Waals surface area (Å²) in [5.74, 6) is 0.0611. The van der Waals surface area contributed by atoms with Gasteiger partial charge in [0.05, 0.1) is 5.54 Å². The SMILES string of the molecule is Cl.NC1(C(=O)Nc2ccc(O)cc2)CCCCC1. The normalized spacial score (nSPS) is 17.6. The van der Waals surface area contributed by atoms with Crippen molar-refractivity contribution in [1.82, 2.24) is 0 Å². The van der Waals surface area contributed by atoms with Crippen LogP contribution in [0.3, 0.4) is 0 Å². The number of amides is 1. The summed E-state index contributed by atoms with van der Waals surface area (Å²) in [6.45, 7) is 0. The second-order valence-electron chi connectivity index (χ2n) is 4.72. The fraction of sp³-hybridized carbons (Fsp3) is 0.462. The molecule has 0 aromatic heterocycles. The smallest absolute Gasteiger partial charge is 0.244 e. The number of hydrogen-bond donors (Lipinski definition) is 3. The molecule has 1 aromatic carbocycles. The highest BCUT2D eigenvalue weighted by Crippen LogP contribution is 2.27. The Balaban J connectivity index is 0.00000162. The Morgan fingerprint density at radius 1 is 1.17 bits per heavy atom. The van der Waals surface area contributed by atoms with E-state index in [2.05, 4.69) is 5.32 Å². The number of anilines is 1. The van der Waals surface area contributed by atoms with Crippen LogP contribution in [0.25, 0.3) is 0 Å². The van der Waals surface area contributed by atoms with E-state index in [-0.39, 0.29) is 24.1 Å². The highest BCUT2D eigenvalue weighted by atomic mass is 35.5. The lowest BCUT2D eigenvalue weighted by Crippen LogP contribution is -2.52. The third kappa shape index (κ3) is 3.37. The van der Waals surface area contributed by atoms with E-state index in [4.69, 9.17) is 10.8 Å². The van der Waals surface area contributed by atoms with E-state index in [9.17, 15) is 4.79 Å². The van der Waals surface area contributed by atoms with Gasteiger partial charge in [-0.15, -0.1) is 12.4 Å². The van der Waals surface area contributed by atoms with Gasteiger partial charge in [0.2, 0.25) is 5.91 Å². The molecule has 2 rings (SSSR count). The number of hydrogen-bond acceptors (Lipinski definition) is 3. The number of nitrogens with two attached hydrogens (primary N) is 1. The highest BCUT2D eigenvalue weighted by molar-refractivity contribution is 5.98. The van der Waals surface area contributed by atoms with Crippen LogP contribution in [-0.2, 0) is 4.79 Å². The summed E-state index contributed by atoms with van der Waals surface area (Å²) < 4.78 is 0. The lowest BCUT2D eigenvalue weighted by molar-refractivity contribution is -0.122. The quantitative estimate of drug-likeness (QED) is 0.723. The Hall–Kier alpha value is -1.26. The van der Waals surface area contributed by atoms with Crippen molar-refractivity contribution in [2.45, 2.75) is 37.6 Å². The summed E-state index contributed by atoms with van der Waals surface area (Å²) >= 11 is 0. The highest BCUT2D eigenvalue weighted by Gasteiger charge is 2.35. The Kier molecular flexibility index (Phi) is 4.99. The Labute approximate surface area is 113 Å². The van der Waals surface area contributed by atoms with Crippen molar-refractivity contribution < 1.29 is 9.90 Å². The van der Waals surface area contributed by atoms with Gasteiger partial charge in [0.25, 0.3) is 0 Å². The molecule has 4 N–H and O–H groups in total. The van der Waals surface area contributed by atoms with Crippen molar-refractivity contribution in [2.24, 2.45) is 5.73 Å². The van der Waals surface area contributed by atoms with Crippen molar-refractivity contribution in [2.75, 3.05) is 5.32 Å². The van der Waals surface area contributed by atoms with Gasteiger partial charge >= 0.3 is 0 Å². The number of aromatic hydroxyl groups is 1. The van der Waals surface area contributed by atoms with E-state index < -0.39 is 5.54 Å². The first-order valence-corrected chi connectivity index (χ1v) is 5.99. The van der Waals surface area contributed by atoms with E-state index in [1.54, 1.807) is 24.3 Å². The molecule has 0 spiro atoms. The molecule has 4 nitrogen and oxygen atoms in total. The number of nitrogens with one attached hydrogen (secondary N) is 1. The van der Waals surface area contributed by atoms with Crippen LogP contribution in [0.1, 0.15) is 32.1 Å². The van der Waals surface area contributed by atoms with Gasteiger partial charge in [-0.2, -0.15) is 0 Å². The van der Waals surface area contributed by atoms with E-state index in [1.165, 1.54) is 0 Å². The molecule has 0 aliphatic heterocycles. The lowest BCUT2D eigenvalue weighted by atomic mass is 9.82. The zero-order valence-electron chi connectivity index (χ0n) is 10.2. The molecule has 100 valence electrons. The number of carbonyl (C=O) groups excluding carboxylic acids is 1. The molecule has 0 heterocycles. The van der Waals surface area contributed by atoms with E-state index in [0.717, 1.165) is 32.1 Å². The van der Waals surface area contributed by atoms with Gasteiger partial charge in [0.15, 0.2) is 0 Å². The number of halogens is 1. The third-order valence-electron chi connectivity index (χ3n) is 3.32. The summed E-state index contributed by atoms with van der Waals surface area (Å²) in [6.07, 6.45) is 4.68. The van der Waals surface area contributed by atoms with Crippen molar-refractivity contribution in [1.29, 1.82) is 0 Å². The zero-order chi connectivity index (χ0) is 12.3. The maximum atomic E-state index is 12.1. The predicted molar refractivity (Wildman–Crippen MR) is 74.0 cm³/mol. The average Bonchev–Trinajstić information content (AvgIpc) is 2.33. The van der Waals surface area contributed by atoms with Gasteiger partial charge in [0.1, 0.15) is 5.75 Å². The number of rotatable bonds is 2. The molecule has 1 amide bonds. The molecular formula is C13H19ClN2O2. The Morgan fingerprint density at radius 3 is 2.28 bits per heavy atom. The molecular weight excluding hydrogens is 252 g/mol. The fourth-order valence-corrected chi connectivity index (χ4v) is 2.21. The lowest BCUT2D eigenvalue weighted by Gasteiger charge is -2.31. The summed E-state index contributed by atoms with van der Waals surface area (Å²) in [4.78, 5) is 12.1. The summed E-state index contributed by atoms with van der Waals surface area (Å²) in [6, 6.07) is 6.41. The van der Waals surface area contributed by atoms with E-state index in [1.807, 2.05) is 0 Å². The molecule has 1 aliphatic rings. The molecule has 0 bridgehead atoms. The first kappa shape index (κ1) is 14.8. The molecule has 1 saturated carbocycles. The molecule has 1 aliphatic carbocycles. The molecule has 0 saturated heterocycles. The molecule has 0 unspecified atom stereocenters. The standard InChI is InChI=1S/C13H18N2O2.ClH/c14-13(8-2-1-3-9-13)12(17)15-10-4-6-11(16)7-5-10;/h4-7,16H,1-3,8-9,14H2,(H,15,17);1H. The minimum Gasteiger partial charge on any atom is -0.508 e. The largest absolute Gasteiger partial charge is 0.508 e. The Morgan fingerprint density at radius 2 is 1.72 bits per heavy atom. The van der Waals surface area contributed by atoms with Crippen LogP contribution >= 0.6 is 12.4 Å². The molecule has 18 heavy (non-hydrogen) atoms. The molecule has 0 atom stereocenters. The minimum absolute atomic E-state index is 0. The van der Waals surface area contributed by atoms with Crippen LogP contribution in [0.4, 0.5) is 5.69 Å². The third-order valence-corrected chi connectivity index (χ3v) is 3.32. The van der Waals surface area contributed by atoms with Crippen LogP contribution < -0.4 is 11.1 Å². The number of carbonyl (C=O) groups is 1. The van der Waals surface area contributed by atoms with Crippen LogP contribution in [0.15, 0.2) is 24.3 Å². The van der Waals surface area contributed by atoms with Crippen molar-refractivity contribution >= 4 is 24.0 Å². The number of benzene rings is 1. The molecule has 1 fully saturated rings. The van der Waals surface area contributed by atoms with Gasteiger partial charge in [-0.1, -0.05) is 19.3 Å². The summed E-state index contributed by atoms with van der Waals surface area (Å²) in [7, 11) is 0. The number of phenolic OH excluding ortho intramolecular Hbond substituents is 1. The van der Waals surface area contributed by atoms with Crippen LogP contribution in [0, 0.1) is 0 Å². The maximum Gasteiger partial charge on any atom is 0.244 e.